The van der Waals surface area contributed by atoms with E-state index in [0.29, 0.717) is 12.1 Å². The van der Waals surface area contributed by atoms with Crippen molar-refractivity contribution >= 4 is 11.8 Å². The third-order valence-corrected chi connectivity index (χ3v) is 3.97. The van der Waals surface area contributed by atoms with Gasteiger partial charge in [0.25, 0.3) is 5.91 Å². The van der Waals surface area contributed by atoms with Crippen LogP contribution in [0, 0.1) is 0 Å². The van der Waals surface area contributed by atoms with E-state index in [1.807, 2.05) is 31.3 Å². The van der Waals surface area contributed by atoms with Gasteiger partial charge < -0.3 is 10.6 Å². The number of nitrogens with zero attached hydrogens (tertiary/aromatic N) is 3. The van der Waals surface area contributed by atoms with E-state index in [4.69, 9.17) is 0 Å². The average molecular weight is 363 g/mol. The van der Waals surface area contributed by atoms with Gasteiger partial charge in [0.2, 0.25) is 5.91 Å². The van der Waals surface area contributed by atoms with E-state index in [1.54, 1.807) is 47.6 Å². The summed E-state index contributed by atoms with van der Waals surface area (Å²) >= 11 is 0. The number of rotatable bonds is 7. The maximum Gasteiger partial charge on any atom is 0.251 e. The van der Waals surface area contributed by atoms with E-state index in [0.717, 1.165) is 11.4 Å². The molecule has 138 valence electrons. The van der Waals surface area contributed by atoms with Crippen LogP contribution >= 0.6 is 0 Å². The number of amides is 2. The van der Waals surface area contributed by atoms with Crippen LogP contribution in [0.5, 0.6) is 0 Å². The van der Waals surface area contributed by atoms with Crippen molar-refractivity contribution in [2.45, 2.75) is 25.9 Å². The first-order chi connectivity index (χ1) is 13.1. The van der Waals surface area contributed by atoms with Crippen LogP contribution < -0.4 is 10.6 Å². The molecule has 2 heterocycles. The summed E-state index contributed by atoms with van der Waals surface area (Å²) in [5, 5.41) is 5.68. The maximum absolute atomic E-state index is 12.1. The molecular formula is C20H21N5O2. The molecule has 1 unspecified atom stereocenters. The lowest BCUT2D eigenvalue weighted by Gasteiger charge is -2.14. The molecule has 0 saturated carbocycles. The first-order valence-electron chi connectivity index (χ1n) is 8.67. The highest BCUT2D eigenvalue weighted by Gasteiger charge is 2.13. The van der Waals surface area contributed by atoms with Gasteiger partial charge in [-0.15, -0.1) is 0 Å². The zero-order chi connectivity index (χ0) is 19.1. The van der Waals surface area contributed by atoms with Gasteiger partial charge in [0.05, 0.1) is 0 Å². The Bertz CT molecular complexity index is 877. The fourth-order valence-corrected chi connectivity index (χ4v) is 2.57. The number of benzene rings is 1. The Morgan fingerprint density at radius 3 is 2.63 bits per heavy atom. The first-order valence-corrected chi connectivity index (χ1v) is 8.67. The summed E-state index contributed by atoms with van der Waals surface area (Å²) in [6.45, 7) is 2.19. The molecule has 2 N–H and O–H groups in total. The highest BCUT2D eigenvalue weighted by molar-refractivity contribution is 5.94. The van der Waals surface area contributed by atoms with Crippen LogP contribution in [0.25, 0.3) is 5.82 Å². The molecule has 0 fully saturated rings. The van der Waals surface area contributed by atoms with Crippen LogP contribution in [0.4, 0.5) is 0 Å². The summed E-state index contributed by atoms with van der Waals surface area (Å²) in [4.78, 5) is 32.5. The van der Waals surface area contributed by atoms with Gasteiger partial charge in [0.1, 0.15) is 12.1 Å². The number of pyridine rings is 1. The minimum atomic E-state index is -0.264. The van der Waals surface area contributed by atoms with Crippen LogP contribution in [0.1, 0.15) is 29.3 Å². The number of hydrogen-bond acceptors (Lipinski definition) is 4. The predicted octanol–water partition coefficient (Wildman–Crippen LogP) is 2.09. The molecule has 0 radical (unpaired) electrons. The van der Waals surface area contributed by atoms with E-state index in [2.05, 4.69) is 20.6 Å². The quantitative estimate of drug-likeness (QED) is 0.673. The highest BCUT2D eigenvalue weighted by Crippen LogP contribution is 2.05. The summed E-state index contributed by atoms with van der Waals surface area (Å²) in [7, 11) is 0. The Hall–Kier alpha value is -3.48. The number of carbonyl (C=O) groups excluding carboxylic acids is 2. The zero-order valence-corrected chi connectivity index (χ0v) is 15.0. The van der Waals surface area contributed by atoms with E-state index in [1.165, 1.54) is 0 Å². The molecule has 1 aromatic carbocycles. The van der Waals surface area contributed by atoms with Crippen LogP contribution in [0.2, 0.25) is 0 Å². The number of aromatic nitrogens is 3. The molecule has 0 spiro atoms. The molecule has 3 rings (SSSR count). The van der Waals surface area contributed by atoms with Crippen LogP contribution in [0.15, 0.2) is 67.4 Å². The Balaban J connectivity index is 1.44. The smallest absolute Gasteiger partial charge is 0.251 e. The number of nitrogens with one attached hydrogen (secondary N) is 2. The van der Waals surface area contributed by atoms with Gasteiger partial charge in [-0.25, -0.2) is 9.97 Å². The molecule has 2 amide bonds. The minimum Gasteiger partial charge on any atom is -0.352 e. The molecular weight excluding hydrogens is 342 g/mol. The van der Waals surface area contributed by atoms with E-state index in [9.17, 15) is 9.59 Å². The third kappa shape index (κ3) is 5.24. The Labute approximate surface area is 157 Å². The Morgan fingerprint density at radius 1 is 1.15 bits per heavy atom. The summed E-state index contributed by atoms with van der Waals surface area (Å²) < 4.78 is 1.81. The SMILES string of the molecule is CC(CC(=O)NCc1ccc(-n2ccnc2)nc1)NC(=O)c1ccccc1. The largest absolute Gasteiger partial charge is 0.352 e. The third-order valence-electron chi connectivity index (χ3n) is 3.97. The summed E-state index contributed by atoms with van der Waals surface area (Å²) in [5.74, 6) is 0.449. The second kappa shape index (κ2) is 8.75. The van der Waals surface area contributed by atoms with E-state index < -0.39 is 0 Å². The number of hydrogen-bond donors (Lipinski definition) is 2. The number of imidazole rings is 1. The Kier molecular flexibility index (Phi) is 5.94. The zero-order valence-electron chi connectivity index (χ0n) is 15.0. The molecule has 2 aromatic heterocycles. The predicted molar refractivity (Wildman–Crippen MR) is 101 cm³/mol. The molecule has 0 aliphatic heterocycles. The van der Waals surface area contributed by atoms with Crippen molar-refractivity contribution in [1.29, 1.82) is 0 Å². The van der Waals surface area contributed by atoms with Crippen molar-refractivity contribution in [2.75, 3.05) is 0 Å². The topological polar surface area (TPSA) is 88.9 Å². The fourth-order valence-electron chi connectivity index (χ4n) is 2.57. The second-order valence-electron chi connectivity index (χ2n) is 6.22. The van der Waals surface area contributed by atoms with Crippen molar-refractivity contribution in [3.8, 4) is 5.82 Å². The van der Waals surface area contributed by atoms with E-state index in [-0.39, 0.29) is 24.3 Å². The van der Waals surface area contributed by atoms with Crippen molar-refractivity contribution in [1.82, 2.24) is 25.2 Å². The summed E-state index contributed by atoms with van der Waals surface area (Å²) in [6.07, 6.45) is 7.10. The molecule has 27 heavy (non-hydrogen) atoms. The molecule has 0 bridgehead atoms. The second-order valence-corrected chi connectivity index (χ2v) is 6.22. The molecule has 7 heteroatoms. The monoisotopic (exact) mass is 363 g/mol. The maximum atomic E-state index is 12.1. The van der Waals surface area contributed by atoms with Crippen LogP contribution in [-0.2, 0) is 11.3 Å². The lowest BCUT2D eigenvalue weighted by atomic mass is 10.1. The average Bonchev–Trinajstić information content (AvgIpc) is 3.22. The summed E-state index contributed by atoms with van der Waals surface area (Å²) in [5.41, 5.74) is 1.47. The molecule has 0 saturated heterocycles. The molecule has 0 aliphatic rings. The van der Waals surface area contributed by atoms with Gasteiger partial charge in [-0.3, -0.25) is 14.2 Å². The van der Waals surface area contributed by atoms with Gasteiger partial charge in [-0.2, -0.15) is 0 Å². The Morgan fingerprint density at radius 2 is 1.96 bits per heavy atom. The van der Waals surface area contributed by atoms with Crippen molar-refractivity contribution in [3.63, 3.8) is 0 Å². The molecule has 7 nitrogen and oxygen atoms in total. The molecule has 3 aromatic rings. The van der Waals surface area contributed by atoms with Gasteiger partial charge >= 0.3 is 0 Å². The standard InChI is InChI=1S/C20H21N5O2/c1-15(24-20(27)17-5-3-2-4-6-17)11-19(26)23-13-16-7-8-18(22-12-16)25-10-9-21-14-25/h2-10,12,14-15H,11,13H2,1H3,(H,23,26)(H,24,27). The van der Waals surface area contributed by atoms with Crippen LogP contribution in [-0.4, -0.2) is 32.4 Å². The van der Waals surface area contributed by atoms with Crippen molar-refractivity contribution in [2.24, 2.45) is 0 Å². The highest BCUT2D eigenvalue weighted by atomic mass is 16.2. The van der Waals surface area contributed by atoms with Gasteiger partial charge in [-0.05, 0) is 30.7 Å². The van der Waals surface area contributed by atoms with Crippen LogP contribution in [0.3, 0.4) is 0 Å². The van der Waals surface area contributed by atoms with Gasteiger partial charge in [0, 0.05) is 43.2 Å². The normalized spacial score (nSPS) is 11.6. The molecule has 0 aliphatic carbocycles. The lowest BCUT2D eigenvalue weighted by Crippen LogP contribution is -2.37. The van der Waals surface area contributed by atoms with E-state index >= 15 is 0 Å². The minimum absolute atomic E-state index is 0.130. The fraction of sp³-hybridized carbons (Fsp3) is 0.200. The van der Waals surface area contributed by atoms with Crippen molar-refractivity contribution in [3.05, 3.63) is 78.5 Å². The summed E-state index contributed by atoms with van der Waals surface area (Å²) in [6, 6.07) is 12.4. The number of carbonyl (C=O) groups is 2. The van der Waals surface area contributed by atoms with Gasteiger partial charge in [-0.1, -0.05) is 24.3 Å². The first kappa shape index (κ1) is 18.3. The molecule has 1 atom stereocenters. The van der Waals surface area contributed by atoms with Gasteiger partial charge in [0.15, 0.2) is 0 Å². The van der Waals surface area contributed by atoms with Crippen molar-refractivity contribution < 1.29 is 9.59 Å². The lowest BCUT2D eigenvalue weighted by molar-refractivity contribution is -0.121.